The Morgan fingerprint density at radius 2 is 2.17 bits per heavy atom. The Bertz CT molecular complexity index is 148. The van der Waals surface area contributed by atoms with E-state index in [0.717, 1.165) is 18.4 Å². The summed E-state index contributed by atoms with van der Waals surface area (Å²) in [6, 6.07) is 0. The third-order valence-corrected chi connectivity index (χ3v) is 3.31. The Kier molecular flexibility index (Phi) is 2.16. The van der Waals surface area contributed by atoms with Crippen LogP contribution in [0.3, 0.4) is 0 Å². The van der Waals surface area contributed by atoms with Crippen LogP contribution in [0.25, 0.3) is 0 Å². The van der Waals surface area contributed by atoms with E-state index in [0.29, 0.717) is 5.60 Å². The standard InChI is InChI=1S/C11H20O/c1-9(2)6-10-7-11(8-10)4-3-5-12-11/h9-10H,3-8H2,1-2H3. The molecule has 12 heavy (non-hydrogen) atoms. The zero-order valence-electron chi connectivity index (χ0n) is 8.31. The summed E-state index contributed by atoms with van der Waals surface area (Å²) in [6.07, 6.45) is 6.75. The van der Waals surface area contributed by atoms with E-state index in [9.17, 15) is 0 Å². The van der Waals surface area contributed by atoms with Crippen molar-refractivity contribution in [2.75, 3.05) is 6.61 Å². The van der Waals surface area contributed by atoms with Gasteiger partial charge in [0.1, 0.15) is 0 Å². The molecule has 1 spiro atoms. The molecule has 1 nitrogen and oxygen atoms in total. The first-order valence-corrected chi connectivity index (χ1v) is 5.34. The van der Waals surface area contributed by atoms with Crippen LogP contribution in [0.1, 0.15) is 46.0 Å². The van der Waals surface area contributed by atoms with Crippen molar-refractivity contribution >= 4 is 0 Å². The van der Waals surface area contributed by atoms with Crippen molar-refractivity contribution in [3.05, 3.63) is 0 Å². The van der Waals surface area contributed by atoms with Crippen molar-refractivity contribution in [1.29, 1.82) is 0 Å². The fourth-order valence-corrected chi connectivity index (χ4v) is 2.90. The maximum atomic E-state index is 5.79. The minimum Gasteiger partial charge on any atom is -0.375 e. The molecule has 1 saturated heterocycles. The van der Waals surface area contributed by atoms with Crippen LogP contribution in [0.4, 0.5) is 0 Å². The molecule has 0 N–H and O–H groups in total. The second kappa shape index (κ2) is 3.02. The molecule has 0 aromatic heterocycles. The maximum absolute atomic E-state index is 5.79. The van der Waals surface area contributed by atoms with Gasteiger partial charge in [0, 0.05) is 6.61 Å². The molecule has 1 aliphatic carbocycles. The van der Waals surface area contributed by atoms with Gasteiger partial charge in [-0.15, -0.1) is 0 Å². The molecule has 2 rings (SSSR count). The maximum Gasteiger partial charge on any atom is 0.0688 e. The lowest BCUT2D eigenvalue weighted by atomic mass is 9.67. The van der Waals surface area contributed by atoms with E-state index in [-0.39, 0.29) is 0 Å². The van der Waals surface area contributed by atoms with Crippen LogP contribution in [0.15, 0.2) is 0 Å². The van der Waals surface area contributed by atoms with Gasteiger partial charge in [0.05, 0.1) is 5.60 Å². The minimum atomic E-state index is 0.375. The molecule has 0 atom stereocenters. The molecule has 70 valence electrons. The second-order valence-electron chi connectivity index (χ2n) is 5.04. The van der Waals surface area contributed by atoms with Gasteiger partial charge in [0.2, 0.25) is 0 Å². The molecule has 2 fully saturated rings. The van der Waals surface area contributed by atoms with Crippen LogP contribution < -0.4 is 0 Å². The summed E-state index contributed by atoms with van der Waals surface area (Å²) in [5.41, 5.74) is 0.375. The second-order valence-corrected chi connectivity index (χ2v) is 5.04. The highest BCUT2D eigenvalue weighted by molar-refractivity contribution is 4.98. The summed E-state index contributed by atoms with van der Waals surface area (Å²) in [5, 5.41) is 0. The van der Waals surface area contributed by atoms with Gasteiger partial charge in [0.25, 0.3) is 0 Å². The summed E-state index contributed by atoms with van der Waals surface area (Å²) in [5.74, 6) is 1.84. The number of hydrogen-bond donors (Lipinski definition) is 0. The molecule has 2 aliphatic rings. The number of rotatable bonds is 2. The summed E-state index contributed by atoms with van der Waals surface area (Å²) >= 11 is 0. The molecule has 0 unspecified atom stereocenters. The van der Waals surface area contributed by atoms with E-state index >= 15 is 0 Å². The number of ether oxygens (including phenoxy) is 1. The van der Waals surface area contributed by atoms with Crippen LogP contribution in [0.2, 0.25) is 0 Å². The molecule has 0 radical (unpaired) electrons. The summed E-state index contributed by atoms with van der Waals surface area (Å²) in [6.45, 7) is 5.66. The van der Waals surface area contributed by atoms with E-state index in [1.54, 1.807) is 0 Å². The Morgan fingerprint density at radius 1 is 1.42 bits per heavy atom. The van der Waals surface area contributed by atoms with Gasteiger partial charge < -0.3 is 4.74 Å². The van der Waals surface area contributed by atoms with Gasteiger partial charge in [-0.2, -0.15) is 0 Å². The molecule has 1 heteroatoms. The summed E-state index contributed by atoms with van der Waals surface area (Å²) in [7, 11) is 0. The van der Waals surface area contributed by atoms with E-state index in [2.05, 4.69) is 13.8 Å². The van der Waals surface area contributed by atoms with Crippen molar-refractivity contribution in [3.63, 3.8) is 0 Å². The van der Waals surface area contributed by atoms with E-state index in [1.165, 1.54) is 32.1 Å². The first-order valence-electron chi connectivity index (χ1n) is 5.34. The Labute approximate surface area is 75.5 Å². The Balaban J connectivity index is 1.75. The quantitative estimate of drug-likeness (QED) is 0.616. The Hall–Kier alpha value is -0.0400. The van der Waals surface area contributed by atoms with Gasteiger partial charge >= 0.3 is 0 Å². The minimum absolute atomic E-state index is 0.375. The zero-order chi connectivity index (χ0) is 8.60. The SMILES string of the molecule is CC(C)CC1CC2(CCCO2)C1. The molecule has 1 saturated carbocycles. The first kappa shape index (κ1) is 8.55. The lowest BCUT2D eigenvalue weighted by molar-refractivity contribution is -0.0947. The number of hydrogen-bond acceptors (Lipinski definition) is 1. The lowest BCUT2D eigenvalue weighted by Gasteiger charge is -2.45. The van der Waals surface area contributed by atoms with Crippen LogP contribution in [-0.4, -0.2) is 12.2 Å². The predicted octanol–water partition coefficient (Wildman–Crippen LogP) is 2.99. The monoisotopic (exact) mass is 168 g/mol. The summed E-state index contributed by atoms with van der Waals surface area (Å²) in [4.78, 5) is 0. The normalized spacial score (nSPS) is 40.8. The average molecular weight is 168 g/mol. The molecular formula is C11H20O. The van der Waals surface area contributed by atoms with E-state index in [1.807, 2.05) is 0 Å². The predicted molar refractivity (Wildman–Crippen MR) is 50.1 cm³/mol. The fourth-order valence-electron chi connectivity index (χ4n) is 2.90. The first-order chi connectivity index (χ1) is 5.70. The van der Waals surface area contributed by atoms with Gasteiger partial charge in [-0.3, -0.25) is 0 Å². The van der Waals surface area contributed by atoms with Crippen LogP contribution in [-0.2, 0) is 4.74 Å². The average Bonchev–Trinajstić information content (AvgIpc) is 2.33. The highest BCUT2D eigenvalue weighted by atomic mass is 16.5. The molecular weight excluding hydrogens is 148 g/mol. The third kappa shape index (κ3) is 1.52. The molecule has 0 aromatic rings. The Morgan fingerprint density at radius 3 is 2.67 bits per heavy atom. The van der Waals surface area contributed by atoms with Crippen molar-refractivity contribution in [3.8, 4) is 0 Å². The van der Waals surface area contributed by atoms with E-state index < -0.39 is 0 Å². The van der Waals surface area contributed by atoms with Gasteiger partial charge in [-0.05, 0) is 43.9 Å². The van der Waals surface area contributed by atoms with Crippen molar-refractivity contribution in [2.45, 2.75) is 51.6 Å². The molecule has 0 aromatic carbocycles. The van der Waals surface area contributed by atoms with Gasteiger partial charge in [0.15, 0.2) is 0 Å². The van der Waals surface area contributed by atoms with Gasteiger partial charge in [-0.1, -0.05) is 13.8 Å². The van der Waals surface area contributed by atoms with Gasteiger partial charge in [-0.25, -0.2) is 0 Å². The molecule has 0 bridgehead atoms. The van der Waals surface area contributed by atoms with Crippen molar-refractivity contribution in [2.24, 2.45) is 11.8 Å². The van der Waals surface area contributed by atoms with Crippen LogP contribution >= 0.6 is 0 Å². The largest absolute Gasteiger partial charge is 0.375 e. The lowest BCUT2D eigenvalue weighted by Crippen LogP contribution is -2.43. The third-order valence-electron chi connectivity index (χ3n) is 3.31. The highest BCUT2D eigenvalue weighted by Crippen LogP contribution is 2.49. The van der Waals surface area contributed by atoms with Crippen LogP contribution in [0.5, 0.6) is 0 Å². The molecule has 1 aliphatic heterocycles. The molecule has 0 amide bonds. The topological polar surface area (TPSA) is 9.23 Å². The van der Waals surface area contributed by atoms with Crippen molar-refractivity contribution in [1.82, 2.24) is 0 Å². The fraction of sp³-hybridized carbons (Fsp3) is 1.00. The summed E-state index contributed by atoms with van der Waals surface area (Å²) < 4.78 is 5.79. The highest BCUT2D eigenvalue weighted by Gasteiger charge is 2.46. The van der Waals surface area contributed by atoms with Crippen LogP contribution in [0, 0.1) is 11.8 Å². The zero-order valence-corrected chi connectivity index (χ0v) is 8.31. The van der Waals surface area contributed by atoms with Crippen molar-refractivity contribution < 1.29 is 4.74 Å². The van der Waals surface area contributed by atoms with E-state index in [4.69, 9.17) is 4.74 Å². The molecule has 1 heterocycles. The smallest absolute Gasteiger partial charge is 0.0688 e.